The lowest BCUT2D eigenvalue weighted by molar-refractivity contribution is -0.145. The predicted molar refractivity (Wildman–Crippen MR) is 94.8 cm³/mol. The van der Waals surface area contributed by atoms with Crippen molar-refractivity contribution in [1.29, 1.82) is 0 Å². The molecule has 0 saturated heterocycles. The van der Waals surface area contributed by atoms with Crippen molar-refractivity contribution in [1.82, 2.24) is 24.6 Å². The summed E-state index contributed by atoms with van der Waals surface area (Å²) in [6.07, 6.45) is 2.19. The second kappa shape index (κ2) is 7.56. The summed E-state index contributed by atoms with van der Waals surface area (Å²) >= 11 is 1.29. The number of hydrogen-bond acceptors (Lipinski definition) is 8. The highest BCUT2D eigenvalue weighted by atomic mass is 32.1. The molecule has 0 saturated carbocycles. The van der Waals surface area contributed by atoms with Crippen LogP contribution in [0, 0.1) is 13.8 Å². The Hall–Kier alpha value is -2.88. The van der Waals surface area contributed by atoms with Crippen LogP contribution in [0.3, 0.4) is 0 Å². The Balaban J connectivity index is 1.56. The summed E-state index contributed by atoms with van der Waals surface area (Å²) in [4.78, 5) is 35.7. The maximum atomic E-state index is 12.0. The number of esters is 1. The molecule has 3 aromatic rings. The minimum absolute atomic E-state index is 0.0766. The lowest BCUT2D eigenvalue weighted by Gasteiger charge is -2.10. The van der Waals surface area contributed by atoms with Crippen molar-refractivity contribution in [3.8, 4) is 0 Å². The molecule has 136 valence electrons. The third-order valence-corrected chi connectivity index (χ3v) is 4.59. The van der Waals surface area contributed by atoms with Gasteiger partial charge >= 0.3 is 5.97 Å². The van der Waals surface area contributed by atoms with Gasteiger partial charge in [0.15, 0.2) is 5.13 Å². The van der Waals surface area contributed by atoms with Gasteiger partial charge < -0.3 is 10.1 Å². The van der Waals surface area contributed by atoms with Gasteiger partial charge in [-0.1, -0.05) is 0 Å². The van der Waals surface area contributed by atoms with Crippen LogP contribution < -0.4 is 5.32 Å². The van der Waals surface area contributed by atoms with E-state index in [-0.39, 0.29) is 24.9 Å². The van der Waals surface area contributed by atoms with E-state index in [1.54, 1.807) is 9.90 Å². The van der Waals surface area contributed by atoms with Gasteiger partial charge in [0.1, 0.15) is 12.9 Å². The summed E-state index contributed by atoms with van der Waals surface area (Å²) in [6, 6.07) is 0. The van der Waals surface area contributed by atoms with Gasteiger partial charge in [-0.3, -0.25) is 9.59 Å². The van der Waals surface area contributed by atoms with E-state index in [1.165, 1.54) is 24.6 Å². The highest BCUT2D eigenvalue weighted by Crippen LogP contribution is 2.17. The Morgan fingerprint density at radius 3 is 2.88 bits per heavy atom. The molecule has 0 radical (unpaired) electrons. The Morgan fingerprint density at radius 2 is 2.12 bits per heavy atom. The standard InChI is InChI=1S/C16H18N6O3S/c1-9-13(10(2)22-15(19-9)17-8-18-22)4-5-14(24)25-6-12-7-26-16(21-12)20-11(3)23/h7-8H,4-6H2,1-3H3,(H,20,21,23). The third kappa shape index (κ3) is 4.02. The first-order chi connectivity index (χ1) is 12.4. The first-order valence-corrected chi connectivity index (χ1v) is 8.85. The van der Waals surface area contributed by atoms with Crippen molar-refractivity contribution < 1.29 is 14.3 Å². The van der Waals surface area contributed by atoms with Crippen LogP contribution in [0.5, 0.6) is 0 Å². The van der Waals surface area contributed by atoms with Crippen LogP contribution >= 0.6 is 11.3 Å². The molecule has 0 aromatic carbocycles. The summed E-state index contributed by atoms with van der Waals surface area (Å²) < 4.78 is 6.92. The fraction of sp³-hybridized carbons (Fsp3) is 0.375. The molecule has 0 aliphatic carbocycles. The van der Waals surface area contributed by atoms with Crippen molar-refractivity contribution in [2.24, 2.45) is 0 Å². The molecule has 0 aliphatic heterocycles. The number of nitrogens with one attached hydrogen (secondary N) is 1. The largest absolute Gasteiger partial charge is 0.459 e. The van der Waals surface area contributed by atoms with Gasteiger partial charge in [0, 0.05) is 30.1 Å². The van der Waals surface area contributed by atoms with Crippen LogP contribution in [0.2, 0.25) is 0 Å². The van der Waals surface area contributed by atoms with Crippen LogP contribution in [-0.4, -0.2) is 36.4 Å². The molecule has 3 rings (SSSR count). The van der Waals surface area contributed by atoms with Gasteiger partial charge in [-0.2, -0.15) is 10.1 Å². The monoisotopic (exact) mass is 374 g/mol. The predicted octanol–water partition coefficient (Wildman–Crippen LogP) is 1.83. The topological polar surface area (TPSA) is 111 Å². The van der Waals surface area contributed by atoms with E-state index in [0.29, 0.717) is 23.0 Å². The van der Waals surface area contributed by atoms with E-state index >= 15 is 0 Å². The molecule has 9 nitrogen and oxygen atoms in total. The average Bonchev–Trinajstić information content (AvgIpc) is 3.21. The molecule has 0 fully saturated rings. The molecule has 10 heteroatoms. The van der Waals surface area contributed by atoms with Crippen LogP contribution in [0.25, 0.3) is 5.78 Å². The van der Waals surface area contributed by atoms with Crippen LogP contribution in [-0.2, 0) is 27.4 Å². The molecule has 1 N–H and O–H groups in total. The van der Waals surface area contributed by atoms with E-state index in [1.807, 2.05) is 13.8 Å². The number of hydrogen-bond donors (Lipinski definition) is 1. The summed E-state index contributed by atoms with van der Waals surface area (Å²) in [7, 11) is 0. The number of aryl methyl sites for hydroxylation is 2. The Bertz CT molecular complexity index is 964. The van der Waals surface area contributed by atoms with Crippen LogP contribution in [0.15, 0.2) is 11.7 Å². The zero-order valence-electron chi connectivity index (χ0n) is 14.6. The summed E-state index contributed by atoms with van der Waals surface area (Å²) in [6.45, 7) is 5.31. The molecule has 26 heavy (non-hydrogen) atoms. The van der Waals surface area contributed by atoms with E-state index < -0.39 is 0 Å². The second-order valence-electron chi connectivity index (χ2n) is 5.72. The maximum Gasteiger partial charge on any atom is 0.306 e. The van der Waals surface area contributed by atoms with Gasteiger partial charge in [0.2, 0.25) is 5.91 Å². The molecular formula is C16H18N6O3S. The Morgan fingerprint density at radius 1 is 1.31 bits per heavy atom. The number of thiazole rings is 1. The van der Waals surface area contributed by atoms with E-state index in [0.717, 1.165) is 17.0 Å². The van der Waals surface area contributed by atoms with E-state index in [2.05, 4.69) is 25.4 Å². The number of carbonyl (C=O) groups excluding carboxylic acids is 2. The first kappa shape index (κ1) is 17.9. The number of carbonyl (C=O) groups is 2. The Labute approximate surface area is 153 Å². The van der Waals surface area contributed by atoms with Gasteiger partial charge in [-0.25, -0.2) is 14.5 Å². The number of rotatable bonds is 6. The van der Waals surface area contributed by atoms with Crippen molar-refractivity contribution in [2.45, 2.75) is 40.2 Å². The smallest absolute Gasteiger partial charge is 0.306 e. The van der Waals surface area contributed by atoms with Gasteiger partial charge in [-0.05, 0) is 25.8 Å². The molecule has 3 heterocycles. The Kier molecular flexibility index (Phi) is 5.21. The lowest BCUT2D eigenvalue weighted by Crippen LogP contribution is -2.10. The number of ether oxygens (including phenoxy) is 1. The summed E-state index contributed by atoms with van der Waals surface area (Å²) in [5, 5.41) is 8.96. The normalized spacial score (nSPS) is 10.9. The third-order valence-electron chi connectivity index (χ3n) is 3.78. The van der Waals surface area contributed by atoms with E-state index in [4.69, 9.17) is 4.74 Å². The zero-order chi connectivity index (χ0) is 18.7. The van der Waals surface area contributed by atoms with Crippen molar-refractivity contribution >= 4 is 34.1 Å². The molecule has 1 amide bonds. The molecule has 0 unspecified atom stereocenters. The molecule has 0 aliphatic rings. The molecule has 0 spiro atoms. The highest BCUT2D eigenvalue weighted by molar-refractivity contribution is 7.13. The number of anilines is 1. The maximum absolute atomic E-state index is 12.0. The first-order valence-electron chi connectivity index (χ1n) is 7.97. The average molecular weight is 374 g/mol. The van der Waals surface area contributed by atoms with Crippen molar-refractivity contribution in [3.05, 3.63) is 34.4 Å². The van der Waals surface area contributed by atoms with Gasteiger partial charge in [-0.15, -0.1) is 11.3 Å². The SMILES string of the molecule is CC(=O)Nc1nc(COC(=O)CCc2c(C)nc3ncnn3c2C)cs1. The molecule has 0 atom stereocenters. The highest BCUT2D eigenvalue weighted by Gasteiger charge is 2.13. The number of fused-ring (bicyclic) bond motifs is 1. The minimum Gasteiger partial charge on any atom is -0.459 e. The quantitative estimate of drug-likeness (QED) is 0.655. The number of amides is 1. The van der Waals surface area contributed by atoms with Crippen molar-refractivity contribution in [3.63, 3.8) is 0 Å². The lowest BCUT2D eigenvalue weighted by atomic mass is 10.1. The second-order valence-corrected chi connectivity index (χ2v) is 6.58. The number of aromatic nitrogens is 5. The summed E-state index contributed by atoms with van der Waals surface area (Å²) in [5.41, 5.74) is 3.30. The minimum atomic E-state index is -0.323. The fourth-order valence-electron chi connectivity index (χ4n) is 2.55. The zero-order valence-corrected chi connectivity index (χ0v) is 15.5. The molecular weight excluding hydrogens is 356 g/mol. The van der Waals surface area contributed by atoms with E-state index in [9.17, 15) is 9.59 Å². The van der Waals surface area contributed by atoms with Crippen molar-refractivity contribution in [2.75, 3.05) is 5.32 Å². The van der Waals surface area contributed by atoms with Gasteiger partial charge in [0.05, 0.1) is 5.69 Å². The van der Waals surface area contributed by atoms with Crippen LogP contribution in [0.1, 0.15) is 36.0 Å². The molecule has 3 aromatic heterocycles. The fourth-order valence-corrected chi connectivity index (χ4v) is 3.29. The summed E-state index contributed by atoms with van der Waals surface area (Å²) in [5.74, 6) is 0.0352. The molecule has 0 bridgehead atoms. The number of nitrogens with zero attached hydrogens (tertiary/aromatic N) is 5. The van der Waals surface area contributed by atoms with Crippen LogP contribution in [0.4, 0.5) is 5.13 Å². The van der Waals surface area contributed by atoms with Gasteiger partial charge in [0.25, 0.3) is 5.78 Å².